The zero-order valence-corrected chi connectivity index (χ0v) is 14.7. The van der Waals surface area contributed by atoms with Crippen molar-refractivity contribution in [1.29, 1.82) is 0 Å². The Labute approximate surface area is 150 Å². The third-order valence-electron chi connectivity index (χ3n) is 4.71. The highest BCUT2D eigenvalue weighted by atomic mass is 19.1. The van der Waals surface area contributed by atoms with Gasteiger partial charge in [-0.15, -0.1) is 0 Å². The van der Waals surface area contributed by atoms with E-state index in [-0.39, 0.29) is 23.5 Å². The summed E-state index contributed by atoms with van der Waals surface area (Å²) in [4.78, 5) is 24.1. The van der Waals surface area contributed by atoms with Crippen molar-refractivity contribution >= 4 is 17.3 Å². The van der Waals surface area contributed by atoms with Gasteiger partial charge in [0.1, 0.15) is 5.82 Å². The van der Waals surface area contributed by atoms with Gasteiger partial charge in [0.25, 0.3) is 5.69 Å². The van der Waals surface area contributed by atoms with Gasteiger partial charge in [-0.05, 0) is 48.7 Å². The number of halogens is 1. The summed E-state index contributed by atoms with van der Waals surface area (Å²) in [5.41, 5.74) is 3.10. The largest absolute Gasteiger partial charge is 0.378 e. The van der Waals surface area contributed by atoms with E-state index in [9.17, 15) is 19.3 Å². The van der Waals surface area contributed by atoms with Crippen LogP contribution in [0.25, 0.3) is 0 Å². The SMILES string of the molecule is CC(=O)N1CCC(Nc2ccc([N+](=O)[O-])c(C)c2)c2ccc(F)cc2C1. The third-order valence-corrected chi connectivity index (χ3v) is 4.71. The fourth-order valence-electron chi connectivity index (χ4n) is 3.35. The highest BCUT2D eigenvalue weighted by Crippen LogP contribution is 2.32. The van der Waals surface area contributed by atoms with Crippen molar-refractivity contribution in [3.63, 3.8) is 0 Å². The lowest BCUT2D eigenvalue weighted by Gasteiger charge is -2.21. The summed E-state index contributed by atoms with van der Waals surface area (Å²) in [7, 11) is 0. The summed E-state index contributed by atoms with van der Waals surface area (Å²) in [6.45, 7) is 4.12. The van der Waals surface area contributed by atoms with Gasteiger partial charge in [-0.2, -0.15) is 0 Å². The van der Waals surface area contributed by atoms with E-state index in [0.29, 0.717) is 25.1 Å². The maximum Gasteiger partial charge on any atom is 0.272 e. The van der Waals surface area contributed by atoms with Crippen molar-refractivity contribution in [3.8, 4) is 0 Å². The molecule has 1 N–H and O–H groups in total. The van der Waals surface area contributed by atoms with Gasteiger partial charge in [0.2, 0.25) is 5.91 Å². The van der Waals surface area contributed by atoms with Gasteiger partial charge >= 0.3 is 0 Å². The Bertz CT molecular complexity index is 869. The molecule has 3 rings (SSSR count). The van der Waals surface area contributed by atoms with Crippen molar-refractivity contribution in [3.05, 3.63) is 69.0 Å². The van der Waals surface area contributed by atoms with E-state index in [1.165, 1.54) is 25.1 Å². The normalized spacial score (nSPS) is 16.6. The molecule has 0 bridgehead atoms. The molecule has 0 saturated carbocycles. The van der Waals surface area contributed by atoms with Gasteiger partial charge < -0.3 is 10.2 Å². The standard InChI is InChI=1S/C19H20FN3O3/c1-12-9-16(4-6-19(12)23(25)26)21-18-7-8-22(13(2)24)11-14-10-15(20)3-5-17(14)18/h3-6,9-10,18,21H,7-8,11H2,1-2H3. The number of fused-ring (bicyclic) bond motifs is 1. The first-order chi connectivity index (χ1) is 12.3. The van der Waals surface area contributed by atoms with Gasteiger partial charge in [-0.1, -0.05) is 6.07 Å². The van der Waals surface area contributed by atoms with Gasteiger partial charge in [0.15, 0.2) is 0 Å². The van der Waals surface area contributed by atoms with Crippen LogP contribution in [0.15, 0.2) is 36.4 Å². The quantitative estimate of drug-likeness (QED) is 0.667. The molecule has 1 aliphatic rings. The fourth-order valence-corrected chi connectivity index (χ4v) is 3.35. The molecule has 7 heteroatoms. The number of nitro groups is 1. The Hall–Kier alpha value is -2.96. The zero-order valence-electron chi connectivity index (χ0n) is 14.7. The number of hydrogen-bond donors (Lipinski definition) is 1. The minimum atomic E-state index is -0.409. The Morgan fingerprint density at radius 1 is 1.31 bits per heavy atom. The first-order valence-corrected chi connectivity index (χ1v) is 8.40. The number of carbonyl (C=O) groups excluding carboxylic acids is 1. The average Bonchev–Trinajstić information content (AvgIpc) is 2.74. The smallest absolute Gasteiger partial charge is 0.272 e. The second-order valence-electron chi connectivity index (χ2n) is 6.53. The molecule has 1 atom stereocenters. The summed E-state index contributed by atoms with van der Waals surface area (Å²) in [5.74, 6) is -0.383. The van der Waals surface area contributed by atoms with Gasteiger partial charge in [0.05, 0.1) is 11.0 Å². The molecular formula is C19H20FN3O3. The van der Waals surface area contributed by atoms with Crippen LogP contribution in [0, 0.1) is 22.9 Å². The highest BCUT2D eigenvalue weighted by molar-refractivity contribution is 5.73. The van der Waals surface area contributed by atoms with E-state index >= 15 is 0 Å². The number of nitrogens with zero attached hydrogens (tertiary/aromatic N) is 2. The van der Waals surface area contributed by atoms with E-state index < -0.39 is 4.92 Å². The van der Waals surface area contributed by atoms with Gasteiger partial charge in [-0.3, -0.25) is 14.9 Å². The molecule has 0 spiro atoms. The molecule has 1 amide bonds. The number of anilines is 1. The highest BCUT2D eigenvalue weighted by Gasteiger charge is 2.24. The fraction of sp³-hybridized carbons (Fsp3) is 0.316. The van der Waals surface area contributed by atoms with Crippen molar-refractivity contribution < 1.29 is 14.1 Å². The number of nitro benzene ring substituents is 1. The number of aryl methyl sites for hydroxylation is 1. The molecule has 136 valence electrons. The second-order valence-corrected chi connectivity index (χ2v) is 6.53. The zero-order chi connectivity index (χ0) is 18.8. The summed E-state index contributed by atoms with van der Waals surface area (Å²) in [6.07, 6.45) is 0.661. The molecule has 0 aromatic heterocycles. The Balaban J connectivity index is 1.92. The molecular weight excluding hydrogens is 337 g/mol. The topological polar surface area (TPSA) is 75.5 Å². The number of carbonyl (C=O) groups is 1. The minimum Gasteiger partial charge on any atom is -0.378 e. The van der Waals surface area contributed by atoms with Crippen LogP contribution in [0.3, 0.4) is 0 Å². The molecule has 26 heavy (non-hydrogen) atoms. The maximum absolute atomic E-state index is 13.7. The van der Waals surface area contributed by atoms with E-state index in [0.717, 1.165) is 16.8 Å². The summed E-state index contributed by atoms with van der Waals surface area (Å²) in [6, 6.07) is 9.38. The van der Waals surface area contributed by atoms with E-state index in [2.05, 4.69) is 5.32 Å². The van der Waals surface area contributed by atoms with Crippen molar-refractivity contribution in [2.45, 2.75) is 32.9 Å². The van der Waals surface area contributed by atoms with E-state index in [1.807, 2.05) is 0 Å². The monoisotopic (exact) mass is 357 g/mol. The van der Waals surface area contributed by atoms with Crippen LogP contribution < -0.4 is 5.32 Å². The summed E-state index contributed by atoms with van der Waals surface area (Å²) < 4.78 is 13.7. The minimum absolute atomic E-state index is 0.0490. The predicted octanol–water partition coefficient (Wildman–Crippen LogP) is 3.95. The maximum atomic E-state index is 13.7. The third kappa shape index (κ3) is 3.66. The van der Waals surface area contributed by atoms with Gasteiger partial charge in [-0.25, -0.2) is 4.39 Å². The lowest BCUT2D eigenvalue weighted by atomic mass is 9.98. The second kappa shape index (κ2) is 7.11. The number of benzene rings is 2. The molecule has 6 nitrogen and oxygen atoms in total. The van der Waals surface area contributed by atoms with Crippen LogP contribution in [0.2, 0.25) is 0 Å². The molecule has 0 fully saturated rings. The Morgan fingerprint density at radius 3 is 2.73 bits per heavy atom. The Kier molecular flexibility index (Phi) is 4.88. The first-order valence-electron chi connectivity index (χ1n) is 8.40. The summed E-state index contributed by atoms with van der Waals surface area (Å²) in [5, 5.41) is 14.4. The van der Waals surface area contributed by atoms with E-state index in [1.54, 1.807) is 30.0 Å². The Morgan fingerprint density at radius 2 is 2.08 bits per heavy atom. The lowest BCUT2D eigenvalue weighted by Crippen LogP contribution is -2.28. The molecule has 0 aliphatic carbocycles. The number of amides is 1. The van der Waals surface area contributed by atoms with Crippen molar-refractivity contribution in [1.82, 2.24) is 4.90 Å². The van der Waals surface area contributed by atoms with Crippen LogP contribution in [0.1, 0.15) is 36.1 Å². The predicted molar refractivity (Wildman–Crippen MR) is 96.3 cm³/mol. The first kappa shape index (κ1) is 17.8. The van der Waals surface area contributed by atoms with Gasteiger partial charge in [0, 0.05) is 37.3 Å². The lowest BCUT2D eigenvalue weighted by molar-refractivity contribution is -0.385. The number of hydrogen-bond acceptors (Lipinski definition) is 4. The van der Waals surface area contributed by atoms with Crippen LogP contribution >= 0.6 is 0 Å². The van der Waals surface area contributed by atoms with Crippen molar-refractivity contribution in [2.24, 2.45) is 0 Å². The summed E-state index contributed by atoms with van der Waals surface area (Å²) >= 11 is 0. The number of nitrogens with one attached hydrogen (secondary N) is 1. The average molecular weight is 357 g/mol. The number of rotatable bonds is 3. The van der Waals surface area contributed by atoms with Crippen LogP contribution in [0.5, 0.6) is 0 Å². The molecule has 1 heterocycles. The van der Waals surface area contributed by atoms with Crippen LogP contribution in [-0.4, -0.2) is 22.3 Å². The van der Waals surface area contributed by atoms with Crippen molar-refractivity contribution in [2.75, 3.05) is 11.9 Å². The van der Waals surface area contributed by atoms with E-state index in [4.69, 9.17) is 0 Å². The molecule has 2 aromatic rings. The molecule has 1 unspecified atom stereocenters. The van der Waals surface area contributed by atoms with Crippen LogP contribution in [0.4, 0.5) is 15.8 Å². The molecule has 2 aromatic carbocycles. The molecule has 0 radical (unpaired) electrons. The van der Waals surface area contributed by atoms with Crippen LogP contribution in [-0.2, 0) is 11.3 Å². The molecule has 0 saturated heterocycles. The molecule has 1 aliphatic heterocycles.